The molecule has 2 rings (SSSR count). The highest BCUT2D eigenvalue weighted by molar-refractivity contribution is 5.90. The van der Waals surface area contributed by atoms with Gasteiger partial charge >= 0.3 is 0 Å². The van der Waals surface area contributed by atoms with Crippen molar-refractivity contribution < 1.29 is 14.3 Å². The number of rotatable bonds is 9. The molecular formula is C20H27ClN2O3. The highest BCUT2D eigenvalue weighted by atomic mass is 35.5. The van der Waals surface area contributed by atoms with Gasteiger partial charge in [0.25, 0.3) is 0 Å². The fourth-order valence-corrected chi connectivity index (χ4v) is 2.41. The second-order valence-electron chi connectivity index (χ2n) is 5.93. The van der Waals surface area contributed by atoms with E-state index in [1.807, 2.05) is 43.3 Å². The van der Waals surface area contributed by atoms with E-state index in [1.165, 1.54) is 5.56 Å². The Morgan fingerprint density at radius 3 is 2.42 bits per heavy atom. The molecule has 5 nitrogen and oxygen atoms in total. The largest absolute Gasteiger partial charge is 0.493 e. The zero-order chi connectivity index (χ0) is 18.1. The highest BCUT2D eigenvalue weighted by Crippen LogP contribution is 2.19. The van der Waals surface area contributed by atoms with E-state index in [2.05, 4.69) is 18.3 Å². The fraction of sp³-hybridized carbons (Fsp3) is 0.350. The maximum Gasteiger partial charge on any atom is 0.224 e. The van der Waals surface area contributed by atoms with Crippen LogP contribution < -0.4 is 20.5 Å². The van der Waals surface area contributed by atoms with Gasteiger partial charge in [0.05, 0.1) is 6.61 Å². The number of carbonyl (C=O) groups excluding carboxylic acids is 1. The number of hydrogen-bond donors (Lipinski definition) is 2. The van der Waals surface area contributed by atoms with Gasteiger partial charge in [-0.15, -0.1) is 12.4 Å². The summed E-state index contributed by atoms with van der Waals surface area (Å²) in [5.74, 6) is 1.59. The first-order chi connectivity index (χ1) is 12.1. The van der Waals surface area contributed by atoms with Gasteiger partial charge in [-0.25, -0.2) is 0 Å². The average Bonchev–Trinajstić information content (AvgIpc) is 2.59. The molecule has 0 aromatic heterocycles. The van der Waals surface area contributed by atoms with E-state index in [4.69, 9.17) is 15.2 Å². The second kappa shape index (κ2) is 11.4. The van der Waals surface area contributed by atoms with Crippen molar-refractivity contribution in [1.82, 2.24) is 0 Å². The minimum atomic E-state index is -0.0279. The number of nitrogens with two attached hydrogens (primary N) is 1. The highest BCUT2D eigenvalue weighted by Gasteiger charge is 2.04. The molecule has 0 saturated heterocycles. The Bertz CT molecular complexity index is 690. The monoisotopic (exact) mass is 378 g/mol. The van der Waals surface area contributed by atoms with E-state index in [9.17, 15) is 4.79 Å². The molecular weight excluding hydrogens is 352 g/mol. The molecule has 0 radical (unpaired) electrons. The summed E-state index contributed by atoms with van der Waals surface area (Å²) in [5, 5.41) is 2.87. The van der Waals surface area contributed by atoms with Crippen LogP contribution in [0.2, 0.25) is 0 Å². The third kappa shape index (κ3) is 7.33. The van der Waals surface area contributed by atoms with Crippen LogP contribution in [0, 0.1) is 13.8 Å². The molecule has 2 aromatic rings. The summed E-state index contributed by atoms with van der Waals surface area (Å²) in [6, 6.07) is 13.3. The summed E-state index contributed by atoms with van der Waals surface area (Å²) in [6.45, 7) is 5.55. The molecule has 0 saturated carbocycles. The molecule has 0 aliphatic carbocycles. The van der Waals surface area contributed by atoms with Crippen molar-refractivity contribution in [2.45, 2.75) is 26.7 Å². The van der Waals surface area contributed by atoms with Gasteiger partial charge in [-0.3, -0.25) is 4.79 Å². The molecule has 1 amide bonds. The molecule has 0 atom stereocenters. The number of carbonyl (C=O) groups is 1. The Labute approximate surface area is 161 Å². The molecule has 0 bridgehead atoms. The Hall–Kier alpha value is -2.24. The minimum absolute atomic E-state index is 0. The number of aryl methyl sites for hydroxylation is 2. The van der Waals surface area contributed by atoms with Gasteiger partial charge in [0, 0.05) is 18.7 Å². The fourth-order valence-electron chi connectivity index (χ4n) is 2.41. The molecule has 142 valence electrons. The van der Waals surface area contributed by atoms with Crippen molar-refractivity contribution in [1.29, 1.82) is 0 Å². The van der Waals surface area contributed by atoms with Crippen molar-refractivity contribution in [2.24, 2.45) is 5.73 Å². The zero-order valence-electron chi connectivity index (χ0n) is 15.3. The summed E-state index contributed by atoms with van der Waals surface area (Å²) >= 11 is 0. The van der Waals surface area contributed by atoms with Gasteiger partial charge in [0.1, 0.15) is 18.1 Å². The van der Waals surface area contributed by atoms with Crippen LogP contribution in [0.15, 0.2) is 42.5 Å². The van der Waals surface area contributed by atoms with Crippen LogP contribution in [0.25, 0.3) is 0 Å². The van der Waals surface area contributed by atoms with Crippen LogP contribution in [0.1, 0.15) is 24.0 Å². The molecule has 0 heterocycles. The van der Waals surface area contributed by atoms with E-state index in [0.29, 0.717) is 32.6 Å². The lowest BCUT2D eigenvalue weighted by Crippen LogP contribution is -2.13. The lowest BCUT2D eigenvalue weighted by molar-refractivity contribution is -0.116. The van der Waals surface area contributed by atoms with Crippen molar-refractivity contribution in [3.63, 3.8) is 0 Å². The number of anilines is 1. The van der Waals surface area contributed by atoms with E-state index in [-0.39, 0.29) is 18.3 Å². The average molecular weight is 379 g/mol. The Morgan fingerprint density at radius 1 is 1.04 bits per heavy atom. The Morgan fingerprint density at radius 2 is 1.77 bits per heavy atom. The Balaban J connectivity index is 0.00000338. The molecule has 0 spiro atoms. The molecule has 3 N–H and O–H groups in total. The van der Waals surface area contributed by atoms with Gasteiger partial charge < -0.3 is 20.5 Å². The summed E-state index contributed by atoms with van der Waals surface area (Å²) in [5.41, 5.74) is 8.46. The molecule has 0 unspecified atom stereocenters. The van der Waals surface area contributed by atoms with E-state index >= 15 is 0 Å². The summed E-state index contributed by atoms with van der Waals surface area (Å²) in [4.78, 5) is 12.0. The lowest BCUT2D eigenvalue weighted by Gasteiger charge is -2.10. The molecule has 6 heteroatoms. The third-order valence-electron chi connectivity index (χ3n) is 3.66. The summed E-state index contributed by atoms with van der Waals surface area (Å²) in [7, 11) is 0. The van der Waals surface area contributed by atoms with E-state index in [0.717, 1.165) is 22.7 Å². The van der Waals surface area contributed by atoms with Crippen LogP contribution in [0.3, 0.4) is 0 Å². The van der Waals surface area contributed by atoms with Gasteiger partial charge in [-0.05, 0) is 56.2 Å². The van der Waals surface area contributed by atoms with Gasteiger partial charge in [-0.2, -0.15) is 0 Å². The first-order valence-electron chi connectivity index (χ1n) is 8.51. The predicted molar refractivity (Wildman–Crippen MR) is 108 cm³/mol. The van der Waals surface area contributed by atoms with Crippen molar-refractivity contribution in [3.05, 3.63) is 53.6 Å². The van der Waals surface area contributed by atoms with Gasteiger partial charge in [-0.1, -0.05) is 17.7 Å². The Kier molecular flexibility index (Phi) is 9.55. The second-order valence-corrected chi connectivity index (χ2v) is 5.93. The van der Waals surface area contributed by atoms with Crippen LogP contribution >= 0.6 is 12.4 Å². The minimum Gasteiger partial charge on any atom is -0.493 e. The van der Waals surface area contributed by atoms with Crippen LogP contribution in [0.5, 0.6) is 11.5 Å². The molecule has 2 aromatic carbocycles. The number of halogens is 1. The SMILES string of the molecule is Cc1ccc(OCCCC(=O)Nc2ccc(OCCN)cc2)c(C)c1.Cl. The van der Waals surface area contributed by atoms with Crippen molar-refractivity contribution in [2.75, 3.05) is 25.1 Å². The zero-order valence-corrected chi connectivity index (χ0v) is 16.1. The molecule has 0 aliphatic heterocycles. The maximum absolute atomic E-state index is 12.0. The number of benzene rings is 2. The number of hydrogen-bond acceptors (Lipinski definition) is 4. The smallest absolute Gasteiger partial charge is 0.224 e. The summed E-state index contributed by atoms with van der Waals surface area (Å²) in [6.07, 6.45) is 1.08. The quantitative estimate of drug-likeness (QED) is 0.650. The van der Waals surface area contributed by atoms with E-state index < -0.39 is 0 Å². The number of amides is 1. The standard InChI is InChI=1S/C20H26N2O3.ClH/c1-15-5-10-19(16(2)14-15)25-12-3-4-20(23)22-17-6-8-18(9-7-17)24-13-11-21;/h5-10,14H,3-4,11-13,21H2,1-2H3,(H,22,23);1H. The molecule has 26 heavy (non-hydrogen) atoms. The topological polar surface area (TPSA) is 73.6 Å². The third-order valence-corrected chi connectivity index (χ3v) is 3.66. The number of nitrogens with one attached hydrogen (secondary N) is 1. The van der Waals surface area contributed by atoms with Gasteiger partial charge in [0.2, 0.25) is 5.91 Å². The normalized spacial score (nSPS) is 9.96. The first kappa shape index (κ1) is 21.8. The summed E-state index contributed by atoms with van der Waals surface area (Å²) < 4.78 is 11.1. The lowest BCUT2D eigenvalue weighted by atomic mass is 10.1. The predicted octanol–water partition coefficient (Wildman–Crippen LogP) is 3.86. The van der Waals surface area contributed by atoms with Crippen molar-refractivity contribution in [3.8, 4) is 11.5 Å². The van der Waals surface area contributed by atoms with Gasteiger partial charge in [0.15, 0.2) is 0 Å². The van der Waals surface area contributed by atoms with Crippen LogP contribution in [0.4, 0.5) is 5.69 Å². The maximum atomic E-state index is 12.0. The molecule has 0 aliphatic rings. The first-order valence-corrected chi connectivity index (χ1v) is 8.51. The van der Waals surface area contributed by atoms with E-state index in [1.54, 1.807) is 0 Å². The number of ether oxygens (including phenoxy) is 2. The molecule has 0 fully saturated rings. The van der Waals surface area contributed by atoms with Crippen LogP contribution in [-0.2, 0) is 4.79 Å². The van der Waals surface area contributed by atoms with Crippen LogP contribution in [-0.4, -0.2) is 25.7 Å². The van der Waals surface area contributed by atoms with Crippen molar-refractivity contribution >= 4 is 24.0 Å².